The van der Waals surface area contributed by atoms with E-state index in [9.17, 15) is 9.90 Å². The van der Waals surface area contributed by atoms with Crippen molar-refractivity contribution in [2.24, 2.45) is 5.92 Å². The summed E-state index contributed by atoms with van der Waals surface area (Å²) in [4.78, 5) is 13.8. The number of fused-ring (bicyclic) bond motifs is 3. The molecule has 3 fully saturated rings. The third-order valence-corrected chi connectivity index (χ3v) is 3.88. The number of carbonyl (C=O) groups excluding carboxylic acids is 1. The Morgan fingerprint density at radius 1 is 1.44 bits per heavy atom. The molecule has 0 aromatic carbocycles. The van der Waals surface area contributed by atoms with Crippen molar-refractivity contribution in [3.05, 3.63) is 0 Å². The summed E-state index contributed by atoms with van der Waals surface area (Å²) in [5.41, 5.74) is -1.08. The van der Waals surface area contributed by atoms with Crippen LogP contribution in [0.1, 0.15) is 12.8 Å². The smallest absolute Gasteiger partial charge is 0.338 e. The Morgan fingerprint density at radius 3 is 2.44 bits per heavy atom. The first-order chi connectivity index (χ1) is 7.61. The summed E-state index contributed by atoms with van der Waals surface area (Å²) in [7, 11) is 2.76. The normalized spacial score (nSPS) is 39.4. The zero-order valence-corrected chi connectivity index (χ0v) is 9.81. The third-order valence-electron chi connectivity index (χ3n) is 3.88. The van der Waals surface area contributed by atoms with E-state index in [0.717, 1.165) is 25.9 Å². The van der Waals surface area contributed by atoms with Crippen LogP contribution >= 0.6 is 0 Å². The summed E-state index contributed by atoms with van der Waals surface area (Å²) in [6, 6.07) is 0. The largest absolute Gasteiger partial charge is 0.467 e. The Hall–Kier alpha value is -0.650. The van der Waals surface area contributed by atoms with Crippen molar-refractivity contribution in [1.82, 2.24) is 4.90 Å². The summed E-state index contributed by atoms with van der Waals surface area (Å²) >= 11 is 0. The van der Waals surface area contributed by atoms with Crippen LogP contribution in [-0.2, 0) is 14.3 Å². The van der Waals surface area contributed by atoms with Crippen molar-refractivity contribution in [3.63, 3.8) is 0 Å². The highest BCUT2D eigenvalue weighted by Crippen LogP contribution is 2.38. The Kier molecular flexibility index (Phi) is 3.19. The van der Waals surface area contributed by atoms with Crippen LogP contribution in [0, 0.1) is 5.92 Å². The van der Waals surface area contributed by atoms with Crippen molar-refractivity contribution >= 4 is 5.97 Å². The molecule has 92 valence electrons. The van der Waals surface area contributed by atoms with Gasteiger partial charge < -0.3 is 19.5 Å². The van der Waals surface area contributed by atoms with Crippen LogP contribution in [0.5, 0.6) is 0 Å². The van der Waals surface area contributed by atoms with Gasteiger partial charge >= 0.3 is 5.97 Å². The van der Waals surface area contributed by atoms with E-state index in [0.29, 0.717) is 6.54 Å². The first kappa shape index (κ1) is 11.8. The van der Waals surface area contributed by atoms with Crippen LogP contribution in [0.2, 0.25) is 0 Å². The standard InChI is InChI=1S/C11H19NO4/c1-15-9(10(13)16-2)11(14)7-12-5-3-8(11)4-6-12/h8-9,14H,3-7H2,1-2H3. The monoisotopic (exact) mass is 229 g/mol. The average molecular weight is 229 g/mol. The van der Waals surface area contributed by atoms with Crippen LogP contribution in [0.4, 0.5) is 0 Å². The molecule has 3 aliphatic rings. The minimum atomic E-state index is -1.08. The molecule has 2 unspecified atom stereocenters. The summed E-state index contributed by atoms with van der Waals surface area (Å²) in [6.45, 7) is 2.51. The molecule has 5 heteroatoms. The maximum absolute atomic E-state index is 11.6. The fraction of sp³-hybridized carbons (Fsp3) is 0.909. The Labute approximate surface area is 95.3 Å². The van der Waals surface area contributed by atoms with Gasteiger partial charge in [0.1, 0.15) is 5.60 Å². The fourth-order valence-corrected chi connectivity index (χ4v) is 2.99. The SMILES string of the molecule is COC(=O)C(OC)C1(O)CN2CCC1CC2. The quantitative estimate of drug-likeness (QED) is 0.669. The number of rotatable bonds is 3. The van der Waals surface area contributed by atoms with Crippen LogP contribution in [-0.4, -0.2) is 61.5 Å². The molecule has 0 aromatic heterocycles. The van der Waals surface area contributed by atoms with Crippen molar-refractivity contribution in [3.8, 4) is 0 Å². The molecule has 0 radical (unpaired) electrons. The van der Waals surface area contributed by atoms with Crippen LogP contribution in [0.3, 0.4) is 0 Å². The van der Waals surface area contributed by atoms with E-state index in [1.165, 1.54) is 14.2 Å². The molecule has 3 heterocycles. The van der Waals surface area contributed by atoms with Crippen LogP contribution in [0.15, 0.2) is 0 Å². The van der Waals surface area contributed by atoms with E-state index in [2.05, 4.69) is 9.64 Å². The van der Waals surface area contributed by atoms with E-state index < -0.39 is 17.7 Å². The number of carbonyl (C=O) groups is 1. The maximum atomic E-state index is 11.6. The third kappa shape index (κ3) is 1.73. The van der Waals surface area contributed by atoms with Gasteiger partial charge in [-0.2, -0.15) is 0 Å². The number of piperidine rings is 3. The lowest BCUT2D eigenvalue weighted by Crippen LogP contribution is -2.66. The molecule has 0 spiro atoms. The average Bonchev–Trinajstić information content (AvgIpc) is 2.30. The van der Waals surface area contributed by atoms with Gasteiger partial charge in [-0.15, -0.1) is 0 Å². The second-order valence-corrected chi connectivity index (χ2v) is 4.68. The minimum absolute atomic E-state index is 0.140. The number of esters is 1. The number of aliphatic hydroxyl groups is 1. The van der Waals surface area contributed by atoms with Crippen molar-refractivity contribution in [2.75, 3.05) is 33.9 Å². The predicted molar refractivity (Wildman–Crippen MR) is 56.9 cm³/mol. The number of ether oxygens (including phenoxy) is 2. The molecule has 5 nitrogen and oxygen atoms in total. The molecule has 1 N–H and O–H groups in total. The molecular weight excluding hydrogens is 210 g/mol. The van der Waals surface area contributed by atoms with Crippen LogP contribution in [0.25, 0.3) is 0 Å². The lowest BCUT2D eigenvalue weighted by Gasteiger charge is -2.52. The molecule has 2 bridgehead atoms. The highest BCUT2D eigenvalue weighted by Gasteiger charge is 2.53. The summed E-state index contributed by atoms with van der Waals surface area (Å²) in [5.74, 6) is -0.347. The molecular formula is C11H19NO4. The van der Waals surface area contributed by atoms with Gasteiger partial charge in [0.2, 0.25) is 0 Å². The zero-order valence-electron chi connectivity index (χ0n) is 9.81. The predicted octanol–water partition coefficient (Wildman–Crippen LogP) is -0.369. The van der Waals surface area contributed by atoms with Crippen molar-refractivity contribution in [1.29, 1.82) is 0 Å². The summed E-state index contributed by atoms with van der Waals surface area (Å²) in [5, 5.41) is 10.7. The molecule has 3 aliphatic heterocycles. The highest BCUT2D eigenvalue weighted by molar-refractivity contribution is 5.76. The lowest BCUT2D eigenvalue weighted by molar-refractivity contribution is -0.201. The molecule has 2 atom stereocenters. The molecule has 16 heavy (non-hydrogen) atoms. The van der Waals surface area contributed by atoms with Gasteiger partial charge in [-0.05, 0) is 31.8 Å². The number of methoxy groups -OCH3 is 2. The van der Waals surface area contributed by atoms with Crippen molar-refractivity contribution in [2.45, 2.75) is 24.5 Å². The second-order valence-electron chi connectivity index (χ2n) is 4.68. The van der Waals surface area contributed by atoms with E-state index in [4.69, 9.17) is 4.74 Å². The fourth-order valence-electron chi connectivity index (χ4n) is 2.99. The first-order valence-corrected chi connectivity index (χ1v) is 5.67. The zero-order chi connectivity index (χ0) is 11.8. The van der Waals surface area contributed by atoms with Gasteiger partial charge in [0.15, 0.2) is 6.10 Å². The van der Waals surface area contributed by atoms with Gasteiger partial charge in [0, 0.05) is 13.7 Å². The van der Waals surface area contributed by atoms with Gasteiger partial charge in [0.05, 0.1) is 7.11 Å². The van der Waals surface area contributed by atoms with Gasteiger partial charge in [-0.1, -0.05) is 0 Å². The molecule has 3 rings (SSSR count). The molecule has 0 saturated carbocycles. The number of nitrogens with zero attached hydrogens (tertiary/aromatic N) is 1. The molecule has 0 aromatic rings. The van der Waals surface area contributed by atoms with Crippen molar-refractivity contribution < 1.29 is 19.4 Å². The molecule has 0 amide bonds. The van der Waals surface area contributed by atoms with Gasteiger partial charge in [-0.25, -0.2) is 4.79 Å². The van der Waals surface area contributed by atoms with E-state index >= 15 is 0 Å². The van der Waals surface area contributed by atoms with E-state index in [-0.39, 0.29) is 5.92 Å². The maximum Gasteiger partial charge on any atom is 0.338 e. The second kappa shape index (κ2) is 4.31. The summed E-state index contributed by atoms with van der Waals surface area (Å²) < 4.78 is 9.83. The topological polar surface area (TPSA) is 59.0 Å². The van der Waals surface area contributed by atoms with Crippen LogP contribution < -0.4 is 0 Å². The molecule has 3 saturated heterocycles. The minimum Gasteiger partial charge on any atom is -0.467 e. The van der Waals surface area contributed by atoms with E-state index in [1.807, 2.05) is 0 Å². The molecule has 0 aliphatic carbocycles. The highest BCUT2D eigenvalue weighted by atomic mass is 16.6. The number of hydrogen-bond donors (Lipinski definition) is 1. The van der Waals surface area contributed by atoms with Gasteiger partial charge in [0.25, 0.3) is 0 Å². The lowest BCUT2D eigenvalue weighted by atomic mass is 9.72. The van der Waals surface area contributed by atoms with Gasteiger partial charge in [-0.3, -0.25) is 0 Å². The summed E-state index contributed by atoms with van der Waals surface area (Å²) in [6.07, 6.45) is 0.978. The Morgan fingerprint density at radius 2 is 2.06 bits per heavy atom. The van der Waals surface area contributed by atoms with E-state index in [1.54, 1.807) is 0 Å². The first-order valence-electron chi connectivity index (χ1n) is 5.67. The Bertz CT molecular complexity index is 275. The number of hydrogen-bond acceptors (Lipinski definition) is 5. The Balaban J connectivity index is 2.19.